The average molecular weight is 789 g/mol. The van der Waals surface area contributed by atoms with Crippen LogP contribution >= 0.6 is 0 Å². The predicted octanol–water partition coefficient (Wildman–Crippen LogP) is 13.8. The van der Waals surface area contributed by atoms with Crippen molar-refractivity contribution in [2.75, 3.05) is 0 Å². The molecular weight excluding hydrogens is 757 g/mol. The highest BCUT2D eigenvalue weighted by Crippen LogP contribution is 2.45. The first kappa shape index (κ1) is 34.1. The van der Waals surface area contributed by atoms with Crippen molar-refractivity contribution in [3.05, 3.63) is 205 Å². The smallest absolute Gasteiger partial charge is 0.103 e. The summed E-state index contributed by atoms with van der Waals surface area (Å²) in [5.74, 6) is 0. The SMILES string of the molecule is N#Cc1cc(-n2c3ccccc3c3ccc4c5ccccc5n(-c5ccccc5)c4c32)cc(-n2c3ccccc3c3ccc4c5ccccc5n(-c5ccccc5)c4c32)c1C#N. The van der Waals surface area contributed by atoms with Crippen LogP contribution in [0.5, 0.6) is 0 Å². The Morgan fingerprint density at radius 3 is 1.02 bits per heavy atom. The molecule has 0 saturated carbocycles. The summed E-state index contributed by atoms with van der Waals surface area (Å²) in [6, 6.07) is 72.9. The van der Waals surface area contributed by atoms with E-state index in [-0.39, 0.29) is 0 Å². The first-order chi connectivity index (χ1) is 30.7. The Bertz CT molecular complexity index is 4110. The van der Waals surface area contributed by atoms with Gasteiger partial charge in [0.25, 0.3) is 0 Å². The van der Waals surface area contributed by atoms with Gasteiger partial charge in [0.15, 0.2) is 0 Å². The molecule has 4 aromatic heterocycles. The van der Waals surface area contributed by atoms with Gasteiger partial charge in [0, 0.05) is 60.2 Å². The van der Waals surface area contributed by atoms with E-state index < -0.39 is 0 Å². The van der Waals surface area contributed by atoms with Crippen LogP contribution in [-0.2, 0) is 0 Å². The molecular formula is C56H32N6. The second-order valence-corrected chi connectivity index (χ2v) is 15.9. The minimum atomic E-state index is 0.309. The molecule has 0 radical (unpaired) electrons. The van der Waals surface area contributed by atoms with E-state index in [0.717, 1.165) is 104 Å². The number of benzene rings is 9. The second kappa shape index (κ2) is 12.8. The monoisotopic (exact) mass is 788 g/mol. The van der Waals surface area contributed by atoms with Crippen LogP contribution in [0.4, 0.5) is 0 Å². The molecule has 0 aliphatic heterocycles. The molecule has 62 heavy (non-hydrogen) atoms. The summed E-state index contributed by atoms with van der Waals surface area (Å²) in [6.45, 7) is 0. The van der Waals surface area contributed by atoms with Crippen molar-refractivity contribution in [3.63, 3.8) is 0 Å². The van der Waals surface area contributed by atoms with E-state index in [2.05, 4.69) is 206 Å². The molecule has 0 fully saturated rings. The second-order valence-electron chi connectivity index (χ2n) is 15.9. The Balaban J connectivity index is 1.23. The lowest BCUT2D eigenvalue weighted by molar-refractivity contribution is 1.11. The van der Waals surface area contributed by atoms with Crippen LogP contribution in [0.2, 0.25) is 0 Å². The van der Waals surface area contributed by atoms with Gasteiger partial charge in [0.1, 0.15) is 12.1 Å². The minimum absolute atomic E-state index is 0.309. The lowest BCUT2D eigenvalue weighted by Gasteiger charge is -2.17. The van der Waals surface area contributed by atoms with Gasteiger partial charge in [-0.2, -0.15) is 10.5 Å². The quantitative estimate of drug-likeness (QED) is 0.178. The summed E-state index contributed by atoms with van der Waals surface area (Å²) in [7, 11) is 0. The van der Waals surface area contributed by atoms with Gasteiger partial charge in [-0.1, -0.05) is 133 Å². The van der Waals surface area contributed by atoms with E-state index in [4.69, 9.17) is 0 Å². The molecule has 4 heterocycles. The number of hydrogen-bond donors (Lipinski definition) is 0. The molecule has 6 heteroatoms. The Kier molecular flexibility index (Phi) is 7.05. The Hall–Kier alpha value is -8.84. The topological polar surface area (TPSA) is 67.3 Å². The lowest BCUT2D eigenvalue weighted by Crippen LogP contribution is -2.05. The molecule has 0 spiro atoms. The van der Waals surface area contributed by atoms with Gasteiger partial charge >= 0.3 is 0 Å². The van der Waals surface area contributed by atoms with Crippen LogP contribution < -0.4 is 0 Å². The van der Waals surface area contributed by atoms with Crippen LogP contribution in [0.15, 0.2) is 194 Å². The van der Waals surface area contributed by atoms with Gasteiger partial charge in [-0.05, 0) is 60.7 Å². The zero-order chi connectivity index (χ0) is 41.1. The highest BCUT2D eigenvalue weighted by Gasteiger charge is 2.26. The van der Waals surface area contributed by atoms with Crippen molar-refractivity contribution in [2.24, 2.45) is 0 Å². The third-order valence-corrected chi connectivity index (χ3v) is 12.8. The van der Waals surface area contributed by atoms with E-state index in [1.807, 2.05) is 18.2 Å². The van der Waals surface area contributed by atoms with Gasteiger partial charge < -0.3 is 18.3 Å². The van der Waals surface area contributed by atoms with Gasteiger partial charge in [-0.15, -0.1) is 0 Å². The molecule has 0 saturated heterocycles. The van der Waals surface area contributed by atoms with E-state index in [9.17, 15) is 10.5 Å². The summed E-state index contributed by atoms with van der Waals surface area (Å²) in [6.07, 6.45) is 0. The molecule has 0 bridgehead atoms. The molecule has 13 rings (SSSR count). The Labute approximate surface area is 354 Å². The molecule has 286 valence electrons. The van der Waals surface area contributed by atoms with E-state index in [1.165, 1.54) is 0 Å². The zero-order valence-corrected chi connectivity index (χ0v) is 33.2. The first-order valence-electron chi connectivity index (χ1n) is 20.7. The van der Waals surface area contributed by atoms with Gasteiger partial charge in [-0.25, -0.2) is 0 Å². The Morgan fingerprint density at radius 1 is 0.290 bits per heavy atom. The molecule has 9 aromatic carbocycles. The summed E-state index contributed by atoms with van der Waals surface area (Å²) in [4.78, 5) is 0. The van der Waals surface area contributed by atoms with Crippen LogP contribution in [-0.4, -0.2) is 18.3 Å². The fourth-order valence-electron chi connectivity index (χ4n) is 10.3. The van der Waals surface area contributed by atoms with Crippen molar-refractivity contribution in [1.82, 2.24) is 18.3 Å². The van der Waals surface area contributed by atoms with Gasteiger partial charge in [-0.3, -0.25) is 0 Å². The molecule has 0 aliphatic rings. The molecule has 0 unspecified atom stereocenters. The fourth-order valence-corrected chi connectivity index (χ4v) is 10.3. The molecule has 0 N–H and O–H groups in total. The van der Waals surface area contributed by atoms with Crippen LogP contribution in [0, 0.1) is 22.7 Å². The molecule has 0 amide bonds. The van der Waals surface area contributed by atoms with Crippen LogP contribution in [0.3, 0.4) is 0 Å². The maximum absolute atomic E-state index is 11.2. The van der Waals surface area contributed by atoms with Crippen molar-refractivity contribution < 1.29 is 0 Å². The van der Waals surface area contributed by atoms with E-state index >= 15 is 0 Å². The summed E-state index contributed by atoms with van der Waals surface area (Å²) >= 11 is 0. The number of para-hydroxylation sites is 6. The van der Waals surface area contributed by atoms with Crippen molar-refractivity contribution in [1.29, 1.82) is 10.5 Å². The van der Waals surface area contributed by atoms with Crippen molar-refractivity contribution in [3.8, 4) is 34.9 Å². The molecule has 13 aromatic rings. The number of fused-ring (bicyclic) bond motifs is 14. The molecule has 6 nitrogen and oxygen atoms in total. The predicted molar refractivity (Wildman–Crippen MR) is 253 cm³/mol. The normalized spacial score (nSPS) is 11.8. The largest absolute Gasteiger partial charge is 0.307 e. The third kappa shape index (κ3) is 4.50. The van der Waals surface area contributed by atoms with Gasteiger partial charge in [0.2, 0.25) is 0 Å². The van der Waals surface area contributed by atoms with Crippen molar-refractivity contribution in [2.45, 2.75) is 0 Å². The summed E-state index contributed by atoms with van der Waals surface area (Å²) in [5.41, 5.74) is 12.4. The first-order valence-corrected chi connectivity index (χ1v) is 20.7. The van der Waals surface area contributed by atoms with Crippen LogP contribution in [0.25, 0.3) is 110 Å². The Morgan fingerprint density at radius 2 is 0.629 bits per heavy atom. The standard InChI is InChI=1S/C56H32N6/c57-33-35-31-38(61-50-25-13-9-21-41(50)44-28-27-43-39-19-7-11-23-48(39)59(53(43)54(44)61)36-15-3-1-4-16-36)32-52(47(35)34-58)62-51-26-14-10-22-42(51)46-30-29-45-40-20-8-12-24-49(40)60(55(45)56(46)62)37-17-5-2-6-18-37/h1-32H. The number of nitrogens with zero attached hydrogens (tertiary/aromatic N) is 6. The maximum atomic E-state index is 11.2. The van der Waals surface area contributed by atoms with E-state index in [0.29, 0.717) is 16.8 Å². The molecule has 0 atom stereocenters. The zero-order valence-electron chi connectivity index (χ0n) is 33.2. The highest BCUT2D eigenvalue weighted by atomic mass is 15.1. The minimum Gasteiger partial charge on any atom is -0.307 e. The molecule has 0 aliphatic carbocycles. The van der Waals surface area contributed by atoms with E-state index in [1.54, 1.807) is 0 Å². The summed E-state index contributed by atoms with van der Waals surface area (Å²) in [5, 5.41) is 31.1. The van der Waals surface area contributed by atoms with Crippen molar-refractivity contribution >= 4 is 87.2 Å². The number of rotatable bonds is 4. The maximum Gasteiger partial charge on any atom is 0.103 e. The lowest BCUT2D eigenvalue weighted by atomic mass is 10.0. The highest BCUT2D eigenvalue weighted by molar-refractivity contribution is 6.25. The number of hydrogen-bond acceptors (Lipinski definition) is 2. The third-order valence-electron chi connectivity index (χ3n) is 12.8. The van der Waals surface area contributed by atoms with Gasteiger partial charge in [0.05, 0.1) is 60.9 Å². The number of nitriles is 2. The average Bonchev–Trinajstić information content (AvgIpc) is 4.07. The number of aromatic nitrogens is 4. The fraction of sp³-hybridized carbons (Fsp3) is 0. The van der Waals surface area contributed by atoms with Crippen LogP contribution in [0.1, 0.15) is 11.1 Å². The summed E-state index contributed by atoms with van der Waals surface area (Å²) < 4.78 is 9.25.